The van der Waals surface area contributed by atoms with Crippen molar-refractivity contribution in [2.45, 2.75) is 12.7 Å². The fourth-order valence-electron chi connectivity index (χ4n) is 3.06. The maximum Gasteiger partial charge on any atom is 0.416 e. The first-order valence-electron chi connectivity index (χ1n) is 8.56. The largest absolute Gasteiger partial charge is 0.416 e. The Bertz CT molecular complexity index is 805. The van der Waals surface area contributed by atoms with Crippen molar-refractivity contribution in [1.29, 1.82) is 0 Å². The molecule has 0 aliphatic carbocycles. The molecular weight excluding hydrogens is 359 g/mol. The van der Waals surface area contributed by atoms with Crippen LogP contribution >= 0.6 is 0 Å². The molecular formula is C19H20F3N3O2. The van der Waals surface area contributed by atoms with Crippen molar-refractivity contribution in [2.75, 3.05) is 38.3 Å². The Labute approximate surface area is 155 Å². The summed E-state index contributed by atoms with van der Waals surface area (Å²) in [5, 5.41) is 0. The lowest BCUT2D eigenvalue weighted by atomic mass is 10.1. The zero-order valence-electron chi connectivity index (χ0n) is 14.9. The third-order valence-corrected chi connectivity index (χ3v) is 4.40. The molecule has 0 N–H and O–H groups in total. The Hall–Kier alpha value is -2.61. The van der Waals surface area contributed by atoms with E-state index in [1.54, 1.807) is 18.3 Å². The maximum absolute atomic E-state index is 13.2. The topological polar surface area (TPSA) is 45.7 Å². The molecule has 1 aliphatic rings. The molecule has 8 heteroatoms. The van der Waals surface area contributed by atoms with Crippen molar-refractivity contribution in [1.82, 2.24) is 9.88 Å². The van der Waals surface area contributed by atoms with Gasteiger partial charge in [0.05, 0.1) is 24.3 Å². The molecule has 0 radical (unpaired) electrons. The first kappa shape index (κ1) is 19.2. The number of morpholine rings is 1. The zero-order chi connectivity index (χ0) is 19.4. The van der Waals surface area contributed by atoms with E-state index in [1.807, 2.05) is 4.90 Å². The van der Waals surface area contributed by atoms with Crippen LogP contribution in [-0.2, 0) is 17.5 Å². The minimum atomic E-state index is -4.46. The number of amides is 1. The maximum atomic E-state index is 13.2. The van der Waals surface area contributed by atoms with Crippen LogP contribution in [0, 0.1) is 0 Å². The number of alkyl halides is 3. The van der Waals surface area contributed by atoms with Gasteiger partial charge in [0.25, 0.3) is 5.91 Å². The molecule has 2 aromatic rings. The lowest BCUT2D eigenvalue weighted by Crippen LogP contribution is -2.38. The molecule has 2 heterocycles. The molecule has 1 saturated heterocycles. The van der Waals surface area contributed by atoms with Gasteiger partial charge in [-0.3, -0.25) is 4.79 Å². The van der Waals surface area contributed by atoms with Gasteiger partial charge in [0.15, 0.2) is 0 Å². The van der Waals surface area contributed by atoms with E-state index in [-0.39, 0.29) is 18.0 Å². The van der Waals surface area contributed by atoms with Crippen molar-refractivity contribution in [3.05, 3.63) is 59.3 Å². The molecule has 0 spiro atoms. The predicted molar refractivity (Wildman–Crippen MR) is 94.5 cm³/mol. The number of pyridine rings is 1. The molecule has 0 unspecified atom stereocenters. The van der Waals surface area contributed by atoms with E-state index in [0.717, 1.165) is 6.07 Å². The van der Waals surface area contributed by atoms with Gasteiger partial charge in [-0.1, -0.05) is 18.2 Å². The number of rotatable bonds is 4. The Morgan fingerprint density at radius 1 is 1.19 bits per heavy atom. The molecule has 0 bridgehead atoms. The summed E-state index contributed by atoms with van der Waals surface area (Å²) in [6.45, 7) is 2.15. The van der Waals surface area contributed by atoms with Crippen LogP contribution in [-0.4, -0.2) is 49.1 Å². The average molecular weight is 379 g/mol. The molecule has 1 aromatic heterocycles. The minimum Gasteiger partial charge on any atom is -0.378 e. The van der Waals surface area contributed by atoms with E-state index in [1.165, 1.54) is 30.1 Å². The third kappa shape index (κ3) is 4.39. The van der Waals surface area contributed by atoms with Gasteiger partial charge in [-0.2, -0.15) is 13.2 Å². The first-order valence-corrected chi connectivity index (χ1v) is 8.56. The standard InChI is InChI=1S/C19H20F3N3O2/c1-24(13-14-5-2-3-7-16(14)19(20,21)22)18(26)15-6-4-8-23-17(15)25-9-11-27-12-10-25/h2-8H,9-13H2,1H3. The van der Waals surface area contributed by atoms with Crippen molar-refractivity contribution in [3.8, 4) is 0 Å². The average Bonchev–Trinajstić information content (AvgIpc) is 2.67. The Balaban J connectivity index is 1.83. The van der Waals surface area contributed by atoms with Crippen LogP contribution < -0.4 is 4.90 Å². The lowest BCUT2D eigenvalue weighted by molar-refractivity contribution is -0.138. The third-order valence-electron chi connectivity index (χ3n) is 4.40. The number of hydrogen-bond acceptors (Lipinski definition) is 4. The van der Waals surface area contributed by atoms with Crippen LogP contribution in [0.4, 0.5) is 19.0 Å². The van der Waals surface area contributed by atoms with Crippen LogP contribution in [0.1, 0.15) is 21.5 Å². The molecule has 5 nitrogen and oxygen atoms in total. The number of nitrogens with zero attached hydrogens (tertiary/aromatic N) is 3. The summed E-state index contributed by atoms with van der Waals surface area (Å²) in [5.74, 6) is 0.156. The summed E-state index contributed by atoms with van der Waals surface area (Å²) in [5.41, 5.74) is -0.312. The van der Waals surface area contributed by atoms with Crippen LogP contribution in [0.15, 0.2) is 42.6 Å². The number of benzene rings is 1. The summed E-state index contributed by atoms with van der Waals surface area (Å²) in [6.07, 6.45) is -2.87. The molecule has 144 valence electrons. The van der Waals surface area contributed by atoms with Crippen molar-refractivity contribution < 1.29 is 22.7 Å². The van der Waals surface area contributed by atoms with Crippen LogP contribution in [0.25, 0.3) is 0 Å². The monoisotopic (exact) mass is 379 g/mol. The van der Waals surface area contributed by atoms with Crippen molar-refractivity contribution >= 4 is 11.7 Å². The number of carbonyl (C=O) groups is 1. The number of hydrogen-bond donors (Lipinski definition) is 0. The van der Waals surface area contributed by atoms with Gasteiger partial charge in [0.1, 0.15) is 5.82 Å². The van der Waals surface area contributed by atoms with Crippen LogP contribution in [0.2, 0.25) is 0 Å². The van der Waals surface area contributed by atoms with Gasteiger partial charge in [0.2, 0.25) is 0 Å². The van der Waals surface area contributed by atoms with E-state index in [4.69, 9.17) is 4.74 Å². The van der Waals surface area contributed by atoms with E-state index >= 15 is 0 Å². The highest BCUT2D eigenvalue weighted by atomic mass is 19.4. The second kappa shape index (κ2) is 7.96. The van der Waals surface area contributed by atoms with Gasteiger partial charge in [0, 0.05) is 32.9 Å². The predicted octanol–water partition coefficient (Wildman–Crippen LogP) is 3.21. The van der Waals surface area contributed by atoms with Crippen LogP contribution in [0.3, 0.4) is 0 Å². The van der Waals surface area contributed by atoms with Gasteiger partial charge >= 0.3 is 6.18 Å². The zero-order valence-corrected chi connectivity index (χ0v) is 14.9. The summed E-state index contributed by atoms with van der Waals surface area (Å²) in [7, 11) is 1.49. The normalized spacial score (nSPS) is 14.9. The first-order chi connectivity index (χ1) is 12.9. The van der Waals surface area contributed by atoms with Gasteiger partial charge < -0.3 is 14.5 Å². The van der Waals surface area contributed by atoms with Gasteiger partial charge in [-0.15, -0.1) is 0 Å². The van der Waals surface area contributed by atoms with E-state index in [9.17, 15) is 18.0 Å². The number of carbonyl (C=O) groups excluding carboxylic acids is 1. The van der Waals surface area contributed by atoms with E-state index in [2.05, 4.69) is 4.98 Å². The Morgan fingerprint density at radius 2 is 1.89 bits per heavy atom. The number of anilines is 1. The number of ether oxygens (including phenoxy) is 1. The fourth-order valence-corrected chi connectivity index (χ4v) is 3.06. The number of aromatic nitrogens is 1. The highest BCUT2D eigenvalue weighted by molar-refractivity contribution is 5.98. The van der Waals surface area contributed by atoms with Crippen LogP contribution in [0.5, 0.6) is 0 Å². The molecule has 0 saturated carbocycles. The molecule has 1 fully saturated rings. The lowest BCUT2D eigenvalue weighted by Gasteiger charge is -2.30. The molecule has 27 heavy (non-hydrogen) atoms. The van der Waals surface area contributed by atoms with Gasteiger partial charge in [-0.05, 0) is 23.8 Å². The van der Waals surface area contributed by atoms with Crippen molar-refractivity contribution in [3.63, 3.8) is 0 Å². The smallest absolute Gasteiger partial charge is 0.378 e. The second-order valence-electron chi connectivity index (χ2n) is 6.29. The SMILES string of the molecule is CN(Cc1ccccc1C(F)(F)F)C(=O)c1cccnc1N1CCOCC1. The van der Waals surface area contributed by atoms with E-state index < -0.39 is 11.7 Å². The summed E-state index contributed by atoms with van der Waals surface area (Å²) in [6, 6.07) is 8.58. The highest BCUT2D eigenvalue weighted by Crippen LogP contribution is 2.32. The highest BCUT2D eigenvalue weighted by Gasteiger charge is 2.33. The molecule has 1 aromatic carbocycles. The Morgan fingerprint density at radius 3 is 2.59 bits per heavy atom. The number of halogens is 3. The summed E-state index contributed by atoms with van der Waals surface area (Å²) in [4.78, 5) is 20.5. The molecule has 1 aliphatic heterocycles. The molecule has 3 rings (SSSR count). The quantitative estimate of drug-likeness (QED) is 0.819. The van der Waals surface area contributed by atoms with Gasteiger partial charge in [-0.25, -0.2) is 4.98 Å². The Kier molecular flexibility index (Phi) is 5.65. The summed E-state index contributed by atoms with van der Waals surface area (Å²) < 4.78 is 44.9. The fraction of sp³-hybridized carbons (Fsp3) is 0.368. The van der Waals surface area contributed by atoms with Crippen molar-refractivity contribution in [2.24, 2.45) is 0 Å². The summed E-state index contributed by atoms with van der Waals surface area (Å²) >= 11 is 0. The molecule has 1 amide bonds. The van der Waals surface area contributed by atoms with E-state index in [0.29, 0.717) is 37.7 Å². The minimum absolute atomic E-state index is 0.0534. The second-order valence-corrected chi connectivity index (χ2v) is 6.29. The molecule has 0 atom stereocenters.